The van der Waals surface area contributed by atoms with Crippen molar-refractivity contribution in [2.75, 3.05) is 6.61 Å². The van der Waals surface area contributed by atoms with Crippen molar-refractivity contribution < 1.29 is 13.9 Å². The van der Waals surface area contributed by atoms with Gasteiger partial charge in [0.2, 0.25) is 5.79 Å². The lowest BCUT2D eigenvalue weighted by Gasteiger charge is -2.29. The van der Waals surface area contributed by atoms with Gasteiger partial charge in [0, 0.05) is 22.4 Å². The highest BCUT2D eigenvalue weighted by Crippen LogP contribution is 2.42. The van der Waals surface area contributed by atoms with Crippen molar-refractivity contribution in [2.45, 2.75) is 18.4 Å². The predicted octanol–water partition coefficient (Wildman–Crippen LogP) is 4.43. The summed E-state index contributed by atoms with van der Waals surface area (Å²) in [6.45, 7) is 0.878. The Morgan fingerprint density at radius 1 is 1.16 bits per heavy atom. The number of rotatable bonds is 4. The largest absolute Gasteiger partial charge is 0.341 e. The summed E-state index contributed by atoms with van der Waals surface area (Å²) in [6, 6.07) is 14.2. The smallest absolute Gasteiger partial charge is 0.214 e. The SMILES string of the molecule is Fc1ccc(C2COC(Cn3ccnc3)(c3ccc(Br)cc3)O2)cc1. The van der Waals surface area contributed by atoms with Crippen LogP contribution >= 0.6 is 15.9 Å². The van der Waals surface area contributed by atoms with E-state index in [1.165, 1.54) is 12.1 Å². The number of aromatic nitrogens is 2. The monoisotopic (exact) mass is 402 g/mol. The van der Waals surface area contributed by atoms with E-state index in [2.05, 4.69) is 20.9 Å². The Kier molecular flexibility index (Phi) is 4.41. The first-order chi connectivity index (χ1) is 12.1. The number of halogens is 2. The van der Waals surface area contributed by atoms with Gasteiger partial charge in [0.05, 0.1) is 19.5 Å². The van der Waals surface area contributed by atoms with E-state index in [4.69, 9.17) is 9.47 Å². The highest BCUT2D eigenvalue weighted by Gasteiger charge is 2.44. The molecule has 0 aliphatic carbocycles. The van der Waals surface area contributed by atoms with Gasteiger partial charge < -0.3 is 14.0 Å². The molecule has 0 N–H and O–H groups in total. The quantitative estimate of drug-likeness (QED) is 0.647. The third-order valence-corrected chi connectivity index (χ3v) is 4.80. The summed E-state index contributed by atoms with van der Waals surface area (Å²) in [5.74, 6) is -1.18. The first-order valence-electron chi connectivity index (χ1n) is 7.94. The number of benzene rings is 2. The molecule has 4 nitrogen and oxygen atoms in total. The summed E-state index contributed by atoms with van der Waals surface area (Å²) >= 11 is 3.46. The summed E-state index contributed by atoms with van der Waals surface area (Å²) in [6.07, 6.45) is 5.08. The van der Waals surface area contributed by atoms with E-state index < -0.39 is 5.79 Å². The van der Waals surface area contributed by atoms with Crippen LogP contribution in [-0.4, -0.2) is 16.2 Å². The van der Waals surface area contributed by atoms with E-state index in [1.807, 2.05) is 35.0 Å². The van der Waals surface area contributed by atoms with E-state index in [0.29, 0.717) is 13.2 Å². The van der Waals surface area contributed by atoms with Crippen LogP contribution in [0.25, 0.3) is 0 Å². The fourth-order valence-corrected chi connectivity index (χ4v) is 3.26. The molecule has 4 rings (SSSR count). The van der Waals surface area contributed by atoms with Gasteiger partial charge in [-0.1, -0.05) is 40.2 Å². The fourth-order valence-electron chi connectivity index (χ4n) is 3.00. The zero-order valence-corrected chi connectivity index (χ0v) is 14.9. The van der Waals surface area contributed by atoms with Gasteiger partial charge in [-0.3, -0.25) is 0 Å². The molecule has 25 heavy (non-hydrogen) atoms. The van der Waals surface area contributed by atoms with Gasteiger partial charge in [0.25, 0.3) is 0 Å². The zero-order valence-electron chi connectivity index (χ0n) is 13.3. The lowest BCUT2D eigenvalue weighted by Crippen LogP contribution is -2.32. The van der Waals surface area contributed by atoms with Gasteiger partial charge in [-0.2, -0.15) is 0 Å². The fraction of sp³-hybridized carbons (Fsp3) is 0.211. The Morgan fingerprint density at radius 3 is 2.60 bits per heavy atom. The summed E-state index contributed by atoms with van der Waals surface area (Å²) < 4.78 is 28.6. The number of nitrogens with zero attached hydrogens (tertiary/aromatic N) is 2. The summed E-state index contributed by atoms with van der Waals surface area (Å²) in [7, 11) is 0. The normalized spacial score (nSPS) is 23.0. The van der Waals surface area contributed by atoms with Crippen LogP contribution in [0.2, 0.25) is 0 Å². The minimum atomic E-state index is -0.916. The third-order valence-electron chi connectivity index (χ3n) is 4.28. The molecular weight excluding hydrogens is 387 g/mol. The average Bonchev–Trinajstić information content (AvgIpc) is 3.27. The number of hydrogen-bond donors (Lipinski definition) is 0. The first kappa shape index (κ1) is 16.4. The van der Waals surface area contributed by atoms with Crippen LogP contribution in [0.1, 0.15) is 17.2 Å². The number of imidazole rings is 1. The van der Waals surface area contributed by atoms with Gasteiger partial charge in [-0.05, 0) is 29.8 Å². The van der Waals surface area contributed by atoms with Crippen molar-refractivity contribution in [3.05, 3.63) is 88.7 Å². The Hall–Kier alpha value is -2.02. The van der Waals surface area contributed by atoms with Crippen LogP contribution < -0.4 is 0 Å². The number of hydrogen-bond acceptors (Lipinski definition) is 3. The molecule has 0 saturated carbocycles. The average molecular weight is 403 g/mol. The molecular formula is C19H16BrFN2O2. The molecule has 0 amide bonds. The minimum absolute atomic E-state index is 0.257. The van der Waals surface area contributed by atoms with E-state index in [-0.39, 0.29) is 11.9 Å². The van der Waals surface area contributed by atoms with Crippen molar-refractivity contribution in [3.63, 3.8) is 0 Å². The first-order valence-corrected chi connectivity index (χ1v) is 8.73. The molecule has 2 aromatic carbocycles. The Morgan fingerprint density at radius 2 is 1.92 bits per heavy atom. The highest BCUT2D eigenvalue weighted by molar-refractivity contribution is 9.10. The molecule has 1 aliphatic heterocycles. The second-order valence-corrected chi connectivity index (χ2v) is 6.88. The van der Waals surface area contributed by atoms with Crippen LogP contribution in [-0.2, 0) is 21.8 Å². The van der Waals surface area contributed by atoms with Crippen LogP contribution in [0.3, 0.4) is 0 Å². The predicted molar refractivity (Wildman–Crippen MR) is 94.2 cm³/mol. The lowest BCUT2D eigenvalue weighted by atomic mass is 10.1. The molecule has 6 heteroatoms. The second-order valence-electron chi connectivity index (χ2n) is 5.96. The highest BCUT2D eigenvalue weighted by atomic mass is 79.9. The Labute approximate surface area is 153 Å². The standard InChI is InChI=1S/C19H16BrFN2O2/c20-16-5-3-15(4-6-16)19(12-23-10-9-22-13-23)24-11-18(25-19)14-1-7-17(21)8-2-14/h1-10,13,18H,11-12H2. The van der Waals surface area contributed by atoms with Crippen LogP contribution in [0.4, 0.5) is 4.39 Å². The maximum atomic E-state index is 13.2. The molecule has 2 unspecified atom stereocenters. The van der Waals surface area contributed by atoms with E-state index in [0.717, 1.165) is 15.6 Å². The van der Waals surface area contributed by atoms with Gasteiger partial charge >= 0.3 is 0 Å². The number of ether oxygens (including phenoxy) is 2. The van der Waals surface area contributed by atoms with Crippen molar-refractivity contribution in [1.29, 1.82) is 0 Å². The summed E-state index contributed by atoms with van der Waals surface area (Å²) in [5, 5.41) is 0. The lowest BCUT2D eigenvalue weighted by molar-refractivity contribution is -0.187. The summed E-state index contributed by atoms with van der Waals surface area (Å²) in [5.41, 5.74) is 1.82. The molecule has 128 valence electrons. The van der Waals surface area contributed by atoms with Gasteiger partial charge in [-0.15, -0.1) is 0 Å². The van der Waals surface area contributed by atoms with Crippen molar-refractivity contribution in [2.24, 2.45) is 0 Å². The molecule has 1 saturated heterocycles. The molecule has 2 atom stereocenters. The maximum absolute atomic E-state index is 13.2. The van der Waals surface area contributed by atoms with Crippen molar-refractivity contribution in [1.82, 2.24) is 9.55 Å². The van der Waals surface area contributed by atoms with Crippen molar-refractivity contribution in [3.8, 4) is 0 Å². The van der Waals surface area contributed by atoms with Gasteiger partial charge in [-0.25, -0.2) is 9.37 Å². The van der Waals surface area contributed by atoms with E-state index >= 15 is 0 Å². The van der Waals surface area contributed by atoms with Gasteiger partial charge in [0.15, 0.2) is 0 Å². The topological polar surface area (TPSA) is 36.3 Å². The molecule has 0 radical (unpaired) electrons. The summed E-state index contributed by atoms with van der Waals surface area (Å²) in [4.78, 5) is 4.09. The molecule has 0 spiro atoms. The van der Waals surface area contributed by atoms with Crippen molar-refractivity contribution >= 4 is 15.9 Å². The van der Waals surface area contributed by atoms with Crippen LogP contribution in [0, 0.1) is 5.82 Å². The molecule has 1 aromatic heterocycles. The van der Waals surface area contributed by atoms with E-state index in [9.17, 15) is 4.39 Å². The Bertz CT molecular complexity index is 837. The molecule has 1 aliphatic rings. The zero-order chi connectivity index (χ0) is 17.3. The Balaban J connectivity index is 1.67. The van der Waals surface area contributed by atoms with Gasteiger partial charge in [0.1, 0.15) is 11.9 Å². The van der Waals surface area contributed by atoms with Crippen LogP contribution in [0.5, 0.6) is 0 Å². The van der Waals surface area contributed by atoms with E-state index in [1.54, 1.807) is 24.7 Å². The molecule has 0 bridgehead atoms. The minimum Gasteiger partial charge on any atom is -0.341 e. The maximum Gasteiger partial charge on any atom is 0.214 e. The molecule has 1 fully saturated rings. The van der Waals surface area contributed by atoms with Crippen LogP contribution in [0.15, 0.2) is 71.7 Å². The third kappa shape index (κ3) is 3.38. The molecule has 3 aromatic rings. The second kappa shape index (κ2) is 6.71. The molecule has 2 heterocycles.